The van der Waals surface area contributed by atoms with Crippen LogP contribution in [0.25, 0.3) is 0 Å². The molecule has 2 rings (SSSR count). The minimum absolute atomic E-state index is 0.142. The van der Waals surface area contributed by atoms with Crippen LogP contribution in [-0.4, -0.2) is 30.4 Å². The van der Waals surface area contributed by atoms with Crippen LogP contribution in [0.3, 0.4) is 0 Å². The summed E-state index contributed by atoms with van der Waals surface area (Å²) in [4.78, 5) is 0.330. The molecule has 4 nitrogen and oxygen atoms in total. The molecule has 0 amide bonds. The minimum Gasteiger partial charge on any atom is -0.392 e. The van der Waals surface area contributed by atoms with E-state index in [1.165, 1.54) is 0 Å². The maximum atomic E-state index is 12.9. The maximum Gasteiger partial charge on any atom is 0.243 e. The highest BCUT2D eigenvalue weighted by Gasteiger charge is 2.38. The summed E-state index contributed by atoms with van der Waals surface area (Å²) in [6, 6.07) is 5.27. The number of rotatable bonds is 6. The largest absolute Gasteiger partial charge is 0.392 e. The lowest BCUT2D eigenvalue weighted by Crippen LogP contribution is -2.36. The molecule has 0 radical (unpaired) electrons. The summed E-state index contributed by atoms with van der Waals surface area (Å²) in [5, 5.41) is 9.22. The first kappa shape index (κ1) is 15.5. The van der Waals surface area contributed by atoms with Gasteiger partial charge in [-0.2, -0.15) is 4.31 Å². The molecule has 1 aromatic carbocycles. The molecule has 0 heterocycles. The Morgan fingerprint density at radius 1 is 1.35 bits per heavy atom. The zero-order valence-corrected chi connectivity index (χ0v) is 13.2. The molecular weight excluding hydrogens is 274 g/mol. The van der Waals surface area contributed by atoms with E-state index >= 15 is 0 Å². The van der Waals surface area contributed by atoms with Crippen LogP contribution in [0.2, 0.25) is 0 Å². The van der Waals surface area contributed by atoms with Crippen molar-refractivity contribution in [2.45, 2.75) is 51.2 Å². The fourth-order valence-corrected chi connectivity index (χ4v) is 4.44. The van der Waals surface area contributed by atoms with Crippen molar-refractivity contribution in [1.29, 1.82) is 0 Å². The van der Waals surface area contributed by atoms with Gasteiger partial charge in [0.15, 0.2) is 0 Å². The van der Waals surface area contributed by atoms with Crippen LogP contribution in [-0.2, 0) is 16.6 Å². The first-order valence-corrected chi connectivity index (χ1v) is 8.52. The Bertz CT molecular complexity index is 577. The third-order valence-corrected chi connectivity index (χ3v) is 5.58. The molecule has 0 aliphatic heterocycles. The quantitative estimate of drug-likeness (QED) is 0.876. The number of benzene rings is 1. The van der Waals surface area contributed by atoms with E-state index in [1.54, 1.807) is 29.4 Å². The summed E-state index contributed by atoms with van der Waals surface area (Å²) in [7, 11) is -3.47. The summed E-state index contributed by atoms with van der Waals surface area (Å²) in [6.45, 7) is 6.27. The molecule has 5 heteroatoms. The van der Waals surface area contributed by atoms with Crippen LogP contribution in [0.1, 0.15) is 37.8 Å². The topological polar surface area (TPSA) is 57.6 Å². The summed E-state index contributed by atoms with van der Waals surface area (Å²) in [6.07, 6.45) is 1.90. The molecule has 0 atom stereocenters. The Balaban J connectivity index is 2.41. The monoisotopic (exact) mass is 297 g/mol. The zero-order valence-electron chi connectivity index (χ0n) is 12.3. The molecular formula is C15H23NO3S. The molecule has 112 valence electrons. The van der Waals surface area contributed by atoms with Crippen molar-refractivity contribution >= 4 is 10.0 Å². The van der Waals surface area contributed by atoms with E-state index in [9.17, 15) is 13.5 Å². The lowest BCUT2D eigenvalue weighted by molar-refractivity contribution is 0.281. The minimum atomic E-state index is -3.47. The molecule has 0 unspecified atom stereocenters. The smallest absolute Gasteiger partial charge is 0.243 e. The second-order valence-electron chi connectivity index (χ2n) is 5.96. The second-order valence-corrected chi connectivity index (χ2v) is 7.82. The second kappa shape index (κ2) is 5.84. The van der Waals surface area contributed by atoms with E-state index in [0.29, 0.717) is 22.9 Å². The van der Waals surface area contributed by atoms with Crippen molar-refractivity contribution in [2.75, 3.05) is 6.54 Å². The highest BCUT2D eigenvalue weighted by Crippen LogP contribution is 2.33. The Morgan fingerprint density at radius 2 is 2.00 bits per heavy atom. The third-order valence-electron chi connectivity index (χ3n) is 3.52. The Labute approximate surface area is 121 Å². The molecule has 1 aliphatic rings. The molecule has 0 saturated heterocycles. The molecule has 20 heavy (non-hydrogen) atoms. The average molecular weight is 297 g/mol. The van der Waals surface area contributed by atoms with Crippen molar-refractivity contribution in [1.82, 2.24) is 4.31 Å². The molecule has 0 aromatic heterocycles. The predicted octanol–water partition coefficient (Wildman–Crippen LogP) is 2.30. The van der Waals surface area contributed by atoms with Crippen LogP contribution >= 0.6 is 0 Å². The number of aliphatic hydroxyl groups excluding tert-OH is 1. The average Bonchev–Trinajstić information content (AvgIpc) is 3.20. The van der Waals surface area contributed by atoms with Gasteiger partial charge in [0.2, 0.25) is 10.0 Å². The summed E-state index contributed by atoms with van der Waals surface area (Å²) in [5.41, 5.74) is 1.37. The molecule has 0 spiro atoms. The number of hydrogen-bond acceptors (Lipinski definition) is 3. The zero-order chi connectivity index (χ0) is 14.9. The highest BCUT2D eigenvalue weighted by molar-refractivity contribution is 7.89. The number of sulfonamides is 1. The van der Waals surface area contributed by atoms with Crippen molar-refractivity contribution < 1.29 is 13.5 Å². The van der Waals surface area contributed by atoms with Gasteiger partial charge in [-0.1, -0.05) is 26.0 Å². The van der Waals surface area contributed by atoms with Gasteiger partial charge in [-0.25, -0.2) is 8.42 Å². The fourth-order valence-electron chi connectivity index (χ4n) is 2.31. The summed E-state index contributed by atoms with van der Waals surface area (Å²) in [5.74, 6) is 0.298. The third kappa shape index (κ3) is 3.22. The SMILES string of the molecule is Cc1ccc(CO)cc1S(=O)(=O)N(CC(C)C)C1CC1. The standard InChI is InChI=1S/C15H23NO3S/c1-11(2)9-16(14-6-7-14)20(18,19)15-8-13(10-17)5-4-12(15)3/h4-5,8,11,14,17H,6-7,9-10H2,1-3H3. The maximum absolute atomic E-state index is 12.9. The molecule has 1 aliphatic carbocycles. The van der Waals surface area contributed by atoms with E-state index in [1.807, 2.05) is 13.8 Å². The predicted molar refractivity (Wildman–Crippen MR) is 78.9 cm³/mol. The van der Waals surface area contributed by atoms with Crippen molar-refractivity contribution in [3.05, 3.63) is 29.3 Å². The van der Waals surface area contributed by atoms with Crippen LogP contribution in [0, 0.1) is 12.8 Å². The Kier molecular flexibility index (Phi) is 4.52. The normalized spacial score (nSPS) is 16.1. The van der Waals surface area contributed by atoms with Gasteiger partial charge in [-0.05, 0) is 42.9 Å². The van der Waals surface area contributed by atoms with Gasteiger partial charge in [0, 0.05) is 12.6 Å². The Hall–Kier alpha value is -0.910. The Morgan fingerprint density at radius 3 is 2.50 bits per heavy atom. The van der Waals surface area contributed by atoms with Gasteiger partial charge in [0.25, 0.3) is 0 Å². The van der Waals surface area contributed by atoms with E-state index in [2.05, 4.69) is 0 Å². The van der Waals surface area contributed by atoms with E-state index in [-0.39, 0.29) is 12.6 Å². The van der Waals surface area contributed by atoms with E-state index < -0.39 is 10.0 Å². The van der Waals surface area contributed by atoms with Crippen molar-refractivity contribution in [2.24, 2.45) is 5.92 Å². The van der Waals surface area contributed by atoms with Crippen LogP contribution < -0.4 is 0 Å². The molecule has 1 saturated carbocycles. The van der Waals surface area contributed by atoms with Crippen LogP contribution in [0.4, 0.5) is 0 Å². The van der Waals surface area contributed by atoms with Gasteiger partial charge < -0.3 is 5.11 Å². The highest BCUT2D eigenvalue weighted by atomic mass is 32.2. The van der Waals surface area contributed by atoms with E-state index in [4.69, 9.17) is 0 Å². The van der Waals surface area contributed by atoms with Crippen molar-refractivity contribution in [3.63, 3.8) is 0 Å². The first-order chi connectivity index (χ1) is 9.36. The number of nitrogens with zero attached hydrogens (tertiary/aromatic N) is 1. The molecule has 1 N–H and O–H groups in total. The van der Waals surface area contributed by atoms with Crippen molar-refractivity contribution in [3.8, 4) is 0 Å². The van der Waals surface area contributed by atoms with Gasteiger partial charge in [-0.15, -0.1) is 0 Å². The fraction of sp³-hybridized carbons (Fsp3) is 0.600. The van der Waals surface area contributed by atoms with Gasteiger partial charge in [0.1, 0.15) is 0 Å². The summed E-state index contributed by atoms with van der Waals surface area (Å²) >= 11 is 0. The van der Waals surface area contributed by atoms with Crippen LogP contribution in [0.15, 0.2) is 23.1 Å². The molecule has 0 bridgehead atoms. The van der Waals surface area contributed by atoms with Gasteiger partial charge in [-0.3, -0.25) is 0 Å². The number of hydrogen-bond donors (Lipinski definition) is 1. The number of aryl methyl sites for hydroxylation is 1. The molecule has 1 aromatic rings. The van der Waals surface area contributed by atoms with E-state index in [0.717, 1.165) is 18.4 Å². The summed E-state index contributed by atoms with van der Waals surface area (Å²) < 4.78 is 27.4. The van der Waals surface area contributed by atoms with Crippen LogP contribution in [0.5, 0.6) is 0 Å². The first-order valence-electron chi connectivity index (χ1n) is 7.08. The lowest BCUT2D eigenvalue weighted by Gasteiger charge is -2.24. The molecule has 1 fully saturated rings. The van der Waals surface area contributed by atoms with Gasteiger partial charge in [0.05, 0.1) is 11.5 Å². The lowest BCUT2D eigenvalue weighted by atomic mass is 10.2. The van der Waals surface area contributed by atoms with Gasteiger partial charge >= 0.3 is 0 Å². The number of aliphatic hydroxyl groups is 1.